The zero-order valence-corrected chi connectivity index (χ0v) is 10.7. The Labute approximate surface area is 112 Å². The number of aromatic nitrogens is 1. The summed E-state index contributed by atoms with van der Waals surface area (Å²) in [5, 5.41) is 10.4. The van der Waals surface area contributed by atoms with Gasteiger partial charge in [-0.15, -0.1) is 0 Å². The van der Waals surface area contributed by atoms with Crippen LogP contribution in [0.15, 0.2) is 30.3 Å². The summed E-state index contributed by atoms with van der Waals surface area (Å²) in [7, 11) is 0. The highest BCUT2D eigenvalue weighted by Crippen LogP contribution is 2.28. The Morgan fingerprint density at radius 1 is 1.42 bits per heavy atom. The van der Waals surface area contributed by atoms with Crippen LogP contribution in [0, 0.1) is 17.2 Å². The van der Waals surface area contributed by atoms with Crippen LogP contribution in [0.5, 0.6) is 0 Å². The highest BCUT2D eigenvalue weighted by molar-refractivity contribution is 5.84. The minimum absolute atomic E-state index is 0.511. The number of hydrogen-bond donors (Lipinski definition) is 1. The summed E-state index contributed by atoms with van der Waals surface area (Å²) in [6.07, 6.45) is 1.09. The molecule has 0 aliphatic carbocycles. The van der Waals surface area contributed by atoms with Gasteiger partial charge in [-0.1, -0.05) is 18.2 Å². The van der Waals surface area contributed by atoms with Crippen molar-refractivity contribution >= 4 is 16.6 Å². The van der Waals surface area contributed by atoms with Crippen LogP contribution in [0.1, 0.15) is 12.1 Å². The molecule has 2 N–H and O–H groups in total. The lowest BCUT2D eigenvalue weighted by atomic mass is 10.1. The number of nitrogens with zero attached hydrogens (tertiary/aromatic N) is 3. The van der Waals surface area contributed by atoms with Gasteiger partial charge in [-0.2, -0.15) is 5.26 Å². The van der Waals surface area contributed by atoms with Gasteiger partial charge in [0.25, 0.3) is 0 Å². The Bertz CT molecular complexity index is 644. The van der Waals surface area contributed by atoms with Gasteiger partial charge in [-0.05, 0) is 31.0 Å². The Balaban J connectivity index is 2.05. The maximum Gasteiger partial charge on any atom is 0.164 e. The molecular weight excluding hydrogens is 236 g/mol. The molecule has 0 saturated carbocycles. The lowest BCUT2D eigenvalue weighted by Crippen LogP contribution is -2.23. The fraction of sp³-hybridized carbons (Fsp3) is 0.333. The van der Waals surface area contributed by atoms with Gasteiger partial charge < -0.3 is 10.6 Å². The molecule has 2 aromatic rings. The zero-order valence-electron chi connectivity index (χ0n) is 10.7. The topological polar surface area (TPSA) is 65.9 Å². The molecule has 1 unspecified atom stereocenters. The summed E-state index contributed by atoms with van der Waals surface area (Å²) < 4.78 is 0. The minimum atomic E-state index is 0.511. The van der Waals surface area contributed by atoms with Crippen molar-refractivity contribution in [2.45, 2.75) is 6.42 Å². The van der Waals surface area contributed by atoms with Crippen molar-refractivity contribution in [2.24, 2.45) is 11.7 Å². The number of nitriles is 1. The molecule has 1 fully saturated rings. The average Bonchev–Trinajstić information content (AvgIpc) is 2.94. The summed E-state index contributed by atoms with van der Waals surface area (Å²) in [4.78, 5) is 6.69. The molecule has 0 amide bonds. The molecular formula is C15H16N4. The summed E-state index contributed by atoms with van der Waals surface area (Å²) in [6.45, 7) is 2.58. The van der Waals surface area contributed by atoms with Crippen molar-refractivity contribution in [1.29, 1.82) is 5.26 Å². The number of nitrogens with two attached hydrogens (primary N) is 1. The molecule has 1 aromatic carbocycles. The predicted molar refractivity (Wildman–Crippen MR) is 75.8 cm³/mol. The van der Waals surface area contributed by atoms with Crippen LogP contribution in [0.2, 0.25) is 0 Å². The monoisotopic (exact) mass is 252 g/mol. The van der Waals surface area contributed by atoms with Crippen molar-refractivity contribution in [2.75, 3.05) is 24.5 Å². The van der Waals surface area contributed by atoms with E-state index in [9.17, 15) is 5.26 Å². The van der Waals surface area contributed by atoms with Crippen LogP contribution < -0.4 is 10.6 Å². The molecule has 1 aromatic heterocycles. The number of anilines is 1. The maximum atomic E-state index is 9.30. The van der Waals surface area contributed by atoms with E-state index in [1.54, 1.807) is 0 Å². The van der Waals surface area contributed by atoms with Crippen molar-refractivity contribution in [3.05, 3.63) is 36.0 Å². The fourth-order valence-corrected chi connectivity index (χ4v) is 2.67. The normalized spacial score (nSPS) is 18.7. The molecule has 4 heteroatoms. The molecule has 0 spiro atoms. The van der Waals surface area contributed by atoms with Gasteiger partial charge in [0.1, 0.15) is 6.07 Å². The van der Waals surface area contributed by atoms with Gasteiger partial charge in [-0.3, -0.25) is 0 Å². The van der Waals surface area contributed by atoms with Crippen molar-refractivity contribution in [3.63, 3.8) is 0 Å². The van der Waals surface area contributed by atoms with Crippen LogP contribution in [-0.4, -0.2) is 24.6 Å². The van der Waals surface area contributed by atoms with E-state index in [0.29, 0.717) is 18.2 Å². The third-order valence-corrected chi connectivity index (χ3v) is 3.77. The van der Waals surface area contributed by atoms with E-state index in [4.69, 9.17) is 5.73 Å². The van der Waals surface area contributed by atoms with E-state index in [1.807, 2.05) is 24.3 Å². The number of rotatable bonds is 2. The van der Waals surface area contributed by atoms with Gasteiger partial charge >= 0.3 is 0 Å². The molecule has 2 heterocycles. The molecule has 0 radical (unpaired) electrons. The third-order valence-electron chi connectivity index (χ3n) is 3.77. The molecule has 1 aliphatic rings. The lowest BCUT2D eigenvalue weighted by Gasteiger charge is -2.19. The highest BCUT2D eigenvalue weighted by Gasteiger charge is 2.24. The standard InChI is InChI=1S/C15H16N4/c16-8-11-5-6-19(10-11)15-7-12-3-1-2-4-13(12)18-14(15)9-17/h1-4,7,11H,5-6,8,10,16H2. The van der Waals surface area contributed by atoms with Gasteiger partial charge in [0, 0.05) is 18.5 Å². The maximum absolute atomic E-state index is 9.30. The second-order valence-electron chi connectivity index (χ2n) is 5.00. The van der Waals surface area contributed by atoms with E-state index in [0.717, 1.165) is 36.1 Å². The molecule has 96 valence electrons. The Morgan fingerprint density at radius 3 is 3.00 bits per heavy atom. The number of hydrogen-bond acceptors (Lipinski definition) is 4. The molecule has 1 aliphatic heterocycles. The highest BCUT2D eigenvalue weighted by atomic mass is 15.2. The molecule has 1 atom stereocenters. The number of pyridine rings is 1. The van der Waals surface area contributed by atoms with Crippen molar-refractivity contribution < 1.29 is 0 Å². The van der Waals surface area contributed by atoms with E-state index in [1.165, 1.54) is 0 Å². The van der Waals surface area contributed by atoms with Crippen LogP contribution in [-0.2, 0) is 0 Å². The first-order valence-electron chi connectivity index (χ1n) is 6.56. The Hall–Kier alpha value is -2.12. The first-order valence-corrected chi connectivity index (χ1v) is 6.56. The number of fused-ring (bicyclic) bond motifs is 1. The van der Waals surface area contributed by atoms with Gasteiger partial charge in [0.15, 0.2) is 5.69 Å². The fourth-order valence-electron chi connectivity index (χ4n) is 2.67. The number of para-hydroxylation sites is 1. The SMILES string of the molecule is N#Cc1nc2ccccc2cc1N1CCC(CN)C1. The third kappa shape index (κ3) is 2.13. The summed E-state index contributed by atoms with van der Waals surface area (Å²) in [5.41, 5.74) is 8.05. The van der Waals surface area contributed by atoms with E-state index in [2.05, 4.69) is 22.0 Å². The second kappa shape index (κ2) is 4.87. The molecule has 19 heavy (non-hydrogen) atoms. The van der Waals surface area contributed by atoms with E-state index < -0.39 is 0 Å². The second-order valence-corrected chi connectivity index (χ2v) is 5.00. The summed E-state index contributed by atoms with van der Waals surface area (Å²) >= 11 is 0. The van der Waals surface area contributed by atoms with Crippen molar-refractivity contribution in [1.82, 2.24) is 4.98 Å². The van der Waals surface area contributed by atoms with Gasteiger partial charge in [0.05, 0.1) is 11.2 Å². The Morgan fingerprint density at radius 2 is 2.26 bits per heavy atom. The van der Waals surface area contributed by atoms with Crippen LogP contribution in [0.25, 0.3) is 10.9 Å². The minimum Gasteiger partial charge on any atom is -0.369 e. The van der Waals surface area contributed by atoms with E-state index in [-0.39, 0.29) is 0 Å². The smallest absolute Gasteiger partial charge is 0.164 e. The van der Waals surface area contributed by atoms with Gasteiger partial charge in [-0.25, -0.2) is 4.98 Å². The molecule has 1 saturated heterocycles. The first kappa shape index (κ1) is 11.9. The zero-order chi connectivity index (χ0) is 13.2. The quantitative estimate of drug-likeness (QED) is 0.886. The Kier molecular flexibility index (Phi) is 3.06. The van der Waals surface area contributed by atoms with Crippen LogP contribution >= 0.6 is 0 Å². The molecule has 0 bridgehead atoms. The van der Waals surface area contributed by atoms with Gasteiger partial charge in [0.2, 0.25) is 0 Å². The van der Waals surface area contributed by atoms with E-state index >= 15 is 0 Å². The summed E-state index contributed by atoms with van der Waals surface area (Å²) in [6, 6.07) is 12.2. The number of benzene rings is 1. The average molecular weight is 252 g/mol. The molecule has 3 rings (SSSR count). The van der Waals surface area contributed by atoms with Crippen LogP contribution in [0.3, 0.4) is 0 Å². The van der Waals surface area contributed by atoms with Crippen LogP contribution in [0.4, 0.5) is 5.69 Å². The largest absolute Gasteiger partial charge is 0.369 e. The predicted octanol–water partition coefficient (Wildman–Crippen LogP) is 1.89. The lowest BCUT2D eigenvalue weighted by molar-refractivity contribution is 0.602. The molecule has 4 nitrogen and oxygen atoms in total. The first-order chi connectivity index (χ1) is 9.31. The summed E-state index contributed by atoms with van der Waals surface area (Å²) in [5.74, 6) is 0.526. The van der Waals surface area contributed by atoms with Crippen molar-refractivity contribution in [3.8, 4) is 6.07 Å².